The minimum atomic E-state index is -0.658. The molecule has 2 aromatic rings. The van der Waals surface area contributed by atoms with Crippen molar-refractivity contribution in [3.05, 3.63) is 33.2 Å². The summed E-state index contributed by atoms with van der Waals surface area (Å²) in [7, 11) is 1.56. The predicted octanol–water partition coefficient (Wildman–Crippen LogP) is 4.71. The van der Waals surface area contributed by atoms with E-state index in [1.54, 1.807) is 14.0 Å². The van der Waals surface area contributed by atoms with Gasteiger partial charge in [0, 0.05) is 25.8 Å². The van der Waals surface area contributed by atoms with E-state index in [2.05, 4.69) is 0 Å². The number of ether oxygens (including phenoxy) is 2. The molecule has 1 unspecified atom stereocenters. The number of nitrogens with zero attached hydrogens (tertiary/aromatic N) is 2. The fourth-order valence-electron chi connectivity index (χ4n) is 4.16. The molecule has 8 heteroatoms. The number of aromatic nitrogens is 1. The molecule has 1 aromatic carbocycles. The number of carbonyl (C=O) groups excluding carboxylic acids is 1. The van der Waals surface area contributed by atoms with E-state index in [9.17, 15) is 9.59 Å². The van der Waals surface area contributed by atoms with E-state index < -0.39 is 17.2 Å². The largest absolute Gasteiger partial charge is 0.462 e. The van der Waals surface area contributed by atoms with Crippen molar-refractivity contribution in [2.75, 3.05) is 31.7 Å². The summed E-state index contributed by atoms with van der Waals surface area (Å²) in [6.07, 6.45) is 2.02. The van der Waals surface area contributed by atoms with Crippen molar-refractivity contribution in [3.8, 4) is 0 Å². The van der Waals surface area contributed by atoms with Crippen molar-refractivity contribution in [2.24, 2.45) is 0 Å². The Labute approximate surface area is 180 Å². The molecule has 164 valence electrons. The van der Waals surface area contributed by atoms with Crippen LogP contribution in [0.2, 0.25) is 0 Å². The van der Waals surface area contributed by atoms with Gasteiger partial charge in [-0.25, -0.2) is 9.18 Å². The maximum absolute atomic E-state index is 15.2. The number of carbonyl (C=O) groups is 1. The quantitative estimate of drug-likeness (QED) is 0.633. The van der Waals surface area contributed by atoms with Crippen molar-refractivity contribution in [2.45, 2.75) is 57.5 Å². The van der Waals surface area contributed by atoms with Gasteiger partial charge in [0.15, 0.2) is 0 Å². The Bertz CT molecular complexity index is 1010. The van der Waals surface area contributed by atoms with Gasteiger partial charge in [0.2, 0.25) is 5.43 Å². The van der Waals surface area contributed by atoms with Crippen LogP contribution in [0.1, 0.15) is 61.8 Å². The monoisotopic (exact) mass is 436 g/mol. The third-order valence-corrected chi connectivity index (χ3v) is 6.48. The lowest BCUT2D eigenvalue weighted by molar-refractivity contribution is 0.0518. The summed E-state index contributed by atoms with van der Waals surface area (Å²) < 4.78 is 27.6. The zero-order valence-corrected chi connectivity index (χ0v) is 19.0. The summed E-state index contributed by atoms with van der Waals surface area (Å²) in [5, 5.41) is 0.810. The minimum absolute atomic E-state index is 0.00543. The summed E-state index contributed by atoms with van der Waals surface area (Å²) in [4.78, 5) is 27.6. The minimum Gasteiger partial charge on any atom is -0.462 e. The highest BCUT2D eigenvalue weighted by atomic mass is 32.2. The third-order valence-electron chi connectivity index (χ3n) is 5.31. The van der Waals surface area contributed by atoms with Crippen LogP contribution in [0.3, 0.4) is 0 Å². The van der Waals surface area contributed by atoms with Crippen LogP contribution in [0.15, 0.2) is 15.9 Å². The second-order valence-corrected chi connectivity index (χ2v) is 8.33. The number of rotatable bonds is 5. The van der Waals surface area contributed by atoms with Gasteiger partial charge in [-0.15, -0.1) is 0 Å². The molecule has 6 nitrogen and oxygen atoms in total. The van der Waals surface area contributed by atoms with E-state index in [0.29, 0.717) is 21.8 Å². The van der Waals surface area contributed by atoms with E-state index in [1.807, 2.05) is 30.2 Å². The van der Waals surface area contributed by atoms with Crippen LogP contribution in [0.5, 0.6) is 0 Å². The maximum atomic E-state index is 15.2. The number of halogens is 1. The number of anilines is 1. The van der Waals surface area contributed by atoms with Crippen LogP contribution in [-0.4, -0.2) is 37.3 Å². The number of benzene rings is 1. The topological polar surface area (TPSA) is 60.8 Å². The van der Waals surface area contributed by atoms with E-state index in [-0.39, 0.29) is 29.5 Å². The molecule has 0 bridgehead atoms. The van der Waals surface area contributed by atoms with Crippen LogP contribution >= 0.6 is 11.8 Å². The molecule has 0 amide bonds. The Morgan fingerprint density at radius 2 is 1.97 bits per heavy atom. The van der Waals surface area contributed by atoms with Crippen LogP contribution in [0, 0.1) is 5.82 Å². The molecule has 0 aliphatic carbocycles. The first kappa shape index (κ1) is 22.6. The molecule has 1 saturated heterocycles. The van der Waals surface area contributed by atoms with E-state index >= 15 is 4.39 Å². The first-order valence-corrected chi connectivity index (χ1v) is 11.4. The molecule has 1 atom stereocenters. The third kappa shape index (κ3) is 3.60. The Balaban J connectivity index is 0.00000124. The molecule has 0 spiro atoms. The van der Waals surface area contributed by atoms with Gasteiger partial charge < -0.3 is 18.9 Å². The second-order valence-electron chi connectivity index (χ2n) is 7.03. The van der Waals surface area contributed by atoms with E-state index in [1.165, 1.54) is 17.8 Å². The normalized spacial score (nSPS) is 17.3. The molecule has 0 saturated carbocycles. The van der Waals surface area contributed by atoms with E-state index in [0.717, 1.165) is 25.9 Å². The lowest BCUT2D eigenvalue weighted by Gasteiger charge is -2.35. The average Bonchev–Trinajstić information content (AvgIpc) is 3.24. The van der Waals surface area contributed by atoms with Gasteiger partial charge in [-0.3, -0.25) is 4.79 Å². The molecular weight excluding hydrogens is 407 g/mol. The Morgan fingerprint density at radius 3 is 2.53 bits per heavy atom. The highest BCUT2D eigenvalue weighted by Crippen LogP contribution is 2.48. The van der Waals surface area contributed by atoms with Crippen molar-refractivity contribution in [1.82, 2.24) is 4.57 Å². The summed E-state index contributed by atoms with van der Waals surface area (Å²) in [6.45, 7) is 9.61. The number of thioether (sulfide) groups is 1. The van der Waals surface area contributed by atoms with Gasteiger partial charge in [0.05, 0.1) is 40.2 Å². The van der Waals surface area contributed by atoms with Crippen molar-refractivity contribution >= 4 is 34.3 Å². The van der Waals surface area contributed by atoms with Crippen LogP contribution in [-0.2, 0) is 16.1 Å². The van der Waals surface area contributed by atoms with Gasteiger partial charge >= 0.3 is 5.97 Å². The molecule has 1 fully saturated rings. The molecule has 3 heterocycles. The lowest BCUT2D eigenvalue weighted by atomic mass is 10.0. The van der Waals surface area contributed by atoms with Crippen LogP contribution < -0.4 is 10.3 Å². The highest BCUT2D eigenvalue weighted by Gasteiger charge is 2.36. The fourth-order valence-corrected chi connectivity index (χ4v) is 5.29. The number of pyridine rings is 1. The van der Waals surface area contributed by atoms with Gasteiger partial charge in [0.25, 0.3) is 0 Å². The zero-order valence-electron chi connectivity index (χ0n) is 18.2. The van der Waals surface area contributed by atoms with Crippen molar-refractivity contribution in [1.29, 1.82) is 0 Å². The number of hydrogen-bond acceptors (Lipinski definition) is 6. The first-order valence-electron chi connectivity index (χ1n) is 10.5. The molecule has 1 aromatic heterocycles. The standard InChI is InChI=1S/C20H23FN2O4S.C2H6/c1-4-27-20(25)15-18(24)12-9-14(21)17(22-7-5-6-8-22)13(10-26-3)16(12)23-11(2)28-19(15)23;1-2/h9,11H,4-8,10H2,1-3H3;1-2H3. The molecule has 2 aliphatic heterocycles. The van der Waals surface area contributed by atoms with Gasteiger partial charge in [-0.2, -0.15) is 0 Å². The molecule has 2 aliphatic rings. The SMILES string of the molecule is CC.CCOC(=O)c1c2n(c3c(COC)c(N4CCCC4)c(F)cc3c1=O)C(C)S2. The Hall–Kier alpha value is -2.06. The average molecular weight is 437 g/mol. The molecule has 30 heavy (non-hydrogen) atoms. The van der Waals surface area contributed by atoms with E-state index in [4.69, 9.17) is 9.47 Å². The zero-order chi connectivity index (χ0) is 22.0. The summed E-state index contributed by atoms with van der Waals surface area (Å²) in [5.41, 5.74) is 1.34. The van der Waals surface area contributed by atoms with Gasteiger partial charge in [-0.1, -0.05) is 25.6 Å². The van der Waals surface area contributed by atoms with Gasteiger partial charge in [-0.05, 0) is 32.8 Å². The lowest BCUT2D eigenvalue weighted by Crippen LogP contribution is -2.31. The number of fused-ring (bicyclic) bond motifs is 3. The van der Waals surface area contributed by atoms with Crippen molar-refractivity contribution in [3.63, 3.8) is 0 Å². The molecular formula is C22H29FN2O4S. The maximum Gasteiger partial charge on any atom is 0.344 e. The predicted molar refractivity (Wildman–Crippen MR) is 118 cm³/mol. The highest BCUT2D eigenvalue weighted by molar-refractivity contribution is 8.00. The van der Waals surface area contributed by atoms with Gasteiger partial charge in [0.1, 0.15) is 11.4 Å². The second kappa shape index (κ2) is 9.39. The summed E-state index contributed by atoms with van der Waals surface area (Å²) in [5.74, 6) is -1.11. The molecule has 0 N–H and O–H groups in total. The molecule has 0 radical (unpaired) electrons. The Morgan fingerprint density at radius 1 is 1.30 bits per heavy atom. The van der Waals surface area contributed by atoms with Crippen LogP contribution in [0.4, 0.5) is 10.1 Å². The first-order chi connectivity index (χ1) is 14.5. The number of esters is 1. The number of hydrogen-bond donors (Lipinski definition) is 0. The fraction of sp³-hybridized carbons (Fsp3) is 0.545. The van der Waals surface area contributed by atoms with Crippen LogP contribution in [0.25, 0.3) is 10.9 Å². The summed E-state index contributed by atoms with van der Waals surface area (Å²) in [6, 6.07) is 1.27. The smallest absolute Gasteiger partial charge is 0.344 e. The Kier molecular flexibility index (Phi) is 7.08. The summed E-state index contributed by atoms with van der Waals surface area (Å²) >= 11 is 1.45. The number of methoxy groups -OCH3 is 1. The molecule has 4 rings (SSSR count). The van der Waals surface area contributed by atoms with Crippen molar-refractivity contribution < 1.29 is 18.7 Å².